The average molecular weight is 289 g/mol. The van der Waals surface area contributed by atoms with E-state index in [-0.39, 0.29) is 24.0 Å². The second-order valence-corrected chi connectivity index (χ2v) is 6.22. The largest absolute Gasteiger partial charge is 0.497 e. The monoisotopic (exact) mass is 289 g/mol. The van der Waals surface area contributed by atoms with Gasteiger partial charge in [0.15, 0.2) is 0 Å². The van der Waals surface area contributed by atoms with Gasteiger partial charge < -0.3 is 14.4 Å². The van der Waals surface area contributed by atoms with Crippen LogP contribution in [0.25, 0.3) is 0 Å². The maximum absolute atomic E-state index is 12.6. The Labute approximate surface area is 126 Å². The van der Waals surface area contributed by atoms with Gasteiger partial charge in [-0.1, -0.05) is 12.1 Å². The summed E-state index contributed by atoms with van der Waals surface area (Å²) >= 11 is 0. The summed E-state index contributed by atoms with van der Waals surface area (Å²) in [6, 6.07) is 8.07. The van der Waals surface area contributed by atoms with Crippen molar-refractivity contribution in [3.8, 4) is 5.75 Å². The highest BCUT2D eigenvalue weighted by atomic mass is 16.5. The maximum Gasteiger partial charge on any atom is 0.226 e. The fraction of sp³-hybridized carbons (Fsp3) is 0.588. The number of rotatable bonds is 3. The van der Waals surface area contributed by atoms with Crippen molar-refractivity contribution in [3.63, 3.8) is 0 Å². The third kappa shape index (κ3) is 3.05. The molecule has 2 aliphatic rings. The normalized spacial score (nSPS) is 31.9. The first-order valence-corrected chi connectivity index (χ1v) is 7.66. The third-order valence-corrected chi connectivity index (χ3v) is 4.38. The van der Waals surface area contributed by atoms with Gasteiger partial charge >= 0.3 is 0 Å². The average Bonchev–Trinajstić information content (AvgIpc) is 3.26. The number of amides is 1. The van der Waals surface area contributed by atoms with E-state index in [1.807, 2.05) is 30.9 Å². The minimum atomic E-state index is 0.135. The quantitative estimate of drug-likeness (QED) is 0.858. The Morgan fingerprint density at radius 2 is 1.81 bits per heavy atom. The van der Waals surface area contributed by atoms with Gasteiger partial charge in [0.2, 0.25) is 5.91 Å². The number of methoxy groups -OCH3 is 1. The van der Waals surface area contributed by atoms with E-state index in [0.717, 1.165) is 25.3 Å². The second-order valence-electron chi connectivity index (χ2n) is 6.22. The number of morpholine rings is 1. The first-order valence-electron chi connectivity index (χ1n) is 7.66. The number of carbonyl (C=O) groups is 1. The van der Waals surface area contributed by atoms with Crippen LogP contribution in [-0.4, -0.2) is 43.2 Å². The molecule has 114 valence electrons. The van der Waals surface area contributed by atoms with Crippen molar-refractivity contribution in [1.29, 1.82) is 0 Å². The molecular weight excluding hydrogens is 266 g/mol. The molecule has 4 atom stereocenters. The number of nitrogens with zero attached hydrogens (tertiary/aromatic N) is 1. The lowest BCUT2D eigenvalue weighted by Crippen LogP contribution is -2.48. The Hall–Kier alpha value is -1.55. The van der Waals surface area contributed by atoms with E-state index in [2.05, 4.69) is 12.1 Å². The van der Waals surface area contributed by atoms with Crippen LogP contribution < -0.4 is 4.74 Å². The van der Waals surface area contributed by atoms with Crippen LogP contribution in [0.3, 0.4) is 0 Å². The van der Waals surface area contributed by atoms with E-state index in [9.17, 15) is 4.79 Å². The summed E-state index contributed by atoms with van der Waals surface area (Å²) < 4.78 is 10.9. The SMILES string of the molecule is COc1ccc(C2CC2C(=O)N2CC(C)OC(C)C2)cc1. The fourth-order valence-electron chi connectivity index (χ4n) is 3.28. The lowest BCUT2D eigenvalue weighted by molar-refractivity contribution is -0.144. The van der Waals surface area contributed by atoms with Gasteiger partial charge in [-0.3, -0.25) is 4.79 Å². The van der Waals surface area contributed by atoms with Crippen LogP contribution in [0.5, 0.6) is 5.75 Å². The Balaban J connectivity index is 1.62. The van der Waals surface area contributed by atoms with Crippen LogP contribution in [0.4, 0.5) is 0 Å². The number of carbonyl (C=O) groups excluding carboxylic acids is 1. The van der Waals surface area contributed by atoms with Crippen molar-refractivity contribution in [2.45, 2.75) is 38.4 Å². The fourth-order valence-corrected chi connectivity index (χ4v) is 3.28. The summed E-state index contributed by atoms with van der Waals surface area (Å²) in [5, 5.41) is 0. The van der Waals surface area contributed by atoms with Crippen LogP contribution in [-0.2, 0) is 9.53 Å². The van der Waals surface area contributed by atoms with Crippen molar-refractivity contribution in [2.24, 2.45) is 5.92 Å². The molecule has 21 heavy (non-hydrogen) atoms. The van der Waals surface area contributed by atoms with Gasteiger partial charge in [-0.2, -0.15) is 0 Å². The summed E-state index contributed by atoms with van der Waals surface area (Å²) in [5.41, 5.74) is 1.24. The number of benzene rings is 1. The van der Waals surface area contributed by atoms with Crippen LogP contribution in [0.15, 0.2) is 24.3 Å². The summed E-state index contributed by atoms with van der Waals surface area (Å²) in [4.78, 5) is 14.6. The number of hydrogen-bond acceptors (Lipinski definition) is 3. The predicted molar refractivity (Wildman–Crippen MR) is 80.4 cm³/mol. The highest BCUT2D eigenvalue weighted by Crippen LogP contribution is 2.48. The van der Waals surface area contributed by atoms with Crippen LogP contribution >= 0.6 is 0 Å². The maximum atomic E-state index is 12.6. The molecule has 0 aromatic heterocycles. The minimum absolute atomic E-state index is 0.135. The van der Waals surface area contributed by atoms with E-state index < -0.39 is 0 Å². The molecule has 4 unspecified atom stereocenters. The Morgan fingerprint density at radius 3 is 2.38 bits per heavy atom. The van der Waals surface area contributed by atoms with Crippen LogP contribution in [0.2, 0.25) is 0 Å². The Bertz CT molecular complexity index is 503. The smallest absolute Gasteiger partial charge is 0.226 e. The molecule has 1 aliphatic carbocycles. The molecule has 3 rings (SSSR count). The zero-order valence-corrected chi connectivity index (χ0v) is 12.9. The van der Waals surface area contributed by atoms with Crippen molar-refractivity contribution in [3.05, 3.63) is 29.8 Å². The van der Waals surface area contributed by atoms with Crippen molar-refractivity contribution < 1.29 is 14.3 Å². The van der Waals surface area contributed by atoms with Crippen molar-refractivity contribution >= 4 is 5.91 Å². The topological polar surface area (TPSA) is 38.8 Å². The van der Waals surface area contributed by atoms with Gasteiger partial charge in [0.05, 0.1) is 19.3 Å². The molecule has 1 aliphatic heterocycles. The Morgan fingerprint density at radius 1 is 1.19 bits per heavy atom. The highest BCUT2D eigenvalue weighted by molar-refractivity contribution is 5.83. The van der Waals surface area contributed by atoms with Gasteiger partial charge in [0, 0.05) is 19.0 Å². The van der Waals surface area contributed by atoms with Gasteiger partial charge in [-0.05, 0) is 43.9 Å². The van der Waals surface area contributed by atoms with Gasteiger partial charge in [0.25, 0.3) is 0 Å². The predicted octanol–water partition coefficient (Wildman–Crippen LogP) is 2.43. The molecule has 0 bridgehead atoms. The lowest BCUT2D eigenvalue weighted by atomic mass is 10.1. The molecule has 0 radical (unpaired) electrons. The second kappa shape index (κ2) is 5.68. The zero-order valence-electron chi connectivity index (χ0n) is 12.9. The molecule has 1 aromatic carbocycles. The minimum Gasteiger partial charge on any atom is -0.497 e. The molecule has 0 spiro atoms. The van der Waals surface area contributed by atoms with Crippen molar-refractivity contribution in [2.75, 3.05) is 20.2 Å². The molecule has 2 fully saturated rings. The van der Waals surface area contributed by atoms with E-state index in [1.165, 1.54) is 5.56 Å². The molecule has 4 heteroatoms. The number of ether oxygens (including phenoxy) is 2. The zero-order chi connectivity index (χ0) is 15.0. The standard InChI is InChI=1S/C17H23NO3/c1-11-9-18(10-12(2)21-11)17(19)16-8-15(16)13-4-6-14(20-3)7-5-13/h4-7,11-12,15-16H,8-10H2,1-3H3. The summed E-state index contributed by atoms with van der Waals surface area (Å²) in [5.74, 6) is 1.67. The lowest BCUT2D eigenvalue weighted by Gasteiger charge is -2.35. The van der Waals surface area contributed by atoms with Gasteiger partial charge in [-0.25, -0.2) is 0 Å². The van der Waals surface area contributed by atoms with E-state index in [4.69, 9.17) is 9.47 Å². The summed E-state index contributed by atoms with van der Waals surface area (Å²) in [6.07, 6.45) is 1.23. The Kier molecular flexibility index (Phi) is 3.89. The molecule has 1 saturated carbocycles. The number of hydrogen-bond donors (Lipinski definition) is 0. The molecule has 1 saturated heterocycles. The third-order valence-electron chi connectivity index (χ3n) is 4.38. The molecule has 1 amide bonds. The molecule has 0 N–H and O–H groups in total. The first kappa shape index (κ1) is 14.4. The molecule has 1 aromatic rings. The van der Waals surface area contributed by atoms with Crippen LogP contribution in [0, 0.1) is 5.92 Å². The van der Waals surface area contributed by atoms with E-state index in [1.54, 1.807) is 7.11 Å². The summed E-state index contributed by atoms with van der Waals surface area (Å²) in [7, 11) is 1.67. The molecule has 1 heterocycles. The summed E-state index contributed by atoms with van der Waals surface area (Å²) in [6.45, 7) is 5.50. The van der Waals surface area contributed by atoms with Gasteiger partial charge in [-0.15, -0.1) is 0 Å². The molecular formula is C17H23NO3. The van der Waals surface area contributed by atoms with Crippen molar-refractivity contribution in [1.82, 2.24) is 4.90 Å². The highest BCUT2D eigenvalue weighted by Gasteiger charge is 2.46. The first-order chi connectivity index (χ1) is 10.1. The van der Waals surface area contributed by atoms with E-state index in [0.29, 0.717) is 5.92 Å². The van der Waals surface area contributed by atoms with Gasteiger partial charge in [0.1, 0.15) is 5.75 Å². The van der Waals surface area contributed by atoms with E-state index >= 15 is 0 Å². The molecule has 4 nitrogen and oxygen atoms in total. The van der Waals surface area contributed by atoms with Crippen LogP contribution in [0.1, 0.15) is 31.7 Å².